The van der Waals surface area contributed by atoms with Crippen LogP contribution < -0.4 is 5.32 Å². The summed E-state index contributed by atoms with van der Waals surface area (Å²) in [6.45, 7) is 4.48. The molecule has 1 aliphatic rings. The minimum Gasteiger partial charge on any atom is -0.354 e. The van der Waals surface area contributed by atoms with Crippen molar-refractivity contribution in [3.8, 4) is 0 Å². The van der Waals surface area contributed by atoms with Gasteiger partial charge in [-0.1, -0.05) is 31.9 Å². The first kappa shape index (κ1) is 20.7. The topological polar surface area (TPSA) is 58.3 Å². The Morgan fingerprint density at radius 3 is 2.71 bits per heavy atom. The SMILES string of the molecule is CCc1nncn1CCN=C(NC1CCCC1)N(C)Cc1ccc(SC)cc1. The number of aliphatic imine (C=N–C) groups is 1. The Bertz CT molecular complexity index is 749. The van der Waals surface area contributed by atoms with Gasteiger partial charge in [-0.2, -0.15) is 0 Å². The average Bonchev–Trinajstić information content (AvgIpc) is 3.39. The first-order valence-corrected chi connectivity index (χ1v) is 11.4. The smallest absolute Gasteiger partial charge is 0.194 e. The molecule has 1 fully saturated rings. The summed E-state index contributed by atoms with van der Waals surface area (Å²) in [6, 6.07) is 9.34. The summed E-state index contributed by atoms with van der Waals surface area (Å²) in [5.41, 5.74) is 1.30. The van der Waals surface area contributed by atoms with Crippen LogP contribution in [0.4, 0.5) is 0 Å². The van der Waals surface area contributed by atoms with Crippen LogP contribution in [0, 0.1) is 0 Å². The molecule has 0 atom stereocenters. The molecule has 6 nitrogen and oxygen atoms in total. The second-order valence-electron chi connectivity index (χ2n) is 7.33. The van der Waals surface area contributed by atoms with Gasteiger partial charge in [-0.25, -0.2) is 0 Å². The third-order valence-corrected chi connectivity index (χ3v) is 5.99. The average molecular weight is 401 g/mol. The highest BCUT2D eigenvalue weighted by atomic mass is 32.2. The van der Waals surface area contributed by atoms with Gasteiger partial charge in [0.05, 0.1) is 6.54 Å². The van der Waals surface area contributed by atoms with E-state index in [0.29, 0.717) is 6.04 Å². The summed E-state index contributed by atoms with van der Waals surface area (Å²) in [5.74, 6) is 2.01. The fraction of sp³-hybridized carbons (Fsp3) is 0.571. The lowest BCUT2D eigenvalue weighted by atomic mass is 10.2. The zero-order chi connectivity index (χ0) is 19.8. The zero-order valence-electron chi connectivity index (χ0n) is 17.3. The minimum atomic E-state index is 0.543. The maximum absolute atomic E-state index is 4.92. The lowest BCUT2D eigenvalue weighted by Crippen LogP contribution is -2.43. The van der Waals surface area contributed by atoms with Crippen molar-refractivity contribution in [2.45, 2.75) is 63.1 Å². The largest absolute Gasteiger partial charge is 0.354 e. The van der Waals surface area contributed by atoms with Crippen LogP contribution in [-0.4, -0.2) is 51.5 Å². The molecule has 0 bridgehead atoms. The fourth-order valence-electron chi connectivity index (χ4n) is 3.61. The van der Waals surface area contributed by atoms with Gasteiger partial charge in [0.15, 0.2) is 5.96 Å². The number of hydrogen-bond acceptors (Lipinski definition) is 4. The van der Waals surface area contributed by atoms with Gasteiger partial charge < -0.3 is 14.8 Å². The molecule has 3 rings (SSSR count). The maximum atomic E-state index is 4.92. The summed E-state index contributed by atoms with van der Waals surface area (Å²) in [4.78, 5) is 8.45. The number of benzene rings is 1. The molecule has 7 heteroatoms. The Morgan fingerprint density at radius 2 is 2.04 bits per heavy atom. The molecule has 0 amide bonds. The second-order valence-corrected chi connectivity index (χ2v) is 8.21. The summed E-state index contributed by atoms with van der Waals surface area (Å²) >= 11 is 1.77. The van der Waals surface area contributed by atoms with E-state index in [2.05, 4.69) is 69.5 Å². The van der Waals surface area contributed by atoms with E-state index in [1.165, 1.54) is 36.1 Å². The number of rotatable bonds is 8. The molecule has 0 saturated heterocycles. The molecular weight excluding hydrogens is 368 g/mol. The fourth-order valence-corrected chi connectivity index (χ4v) is 4.02. The van der Waals surface area contributed by atoms with Crippen LogP contribution in [0.3, 0.4) is 0 Å². The lowest BCUT2D eigenvalue weighted by Gasteiger charge is -2.25. The number of aryl methyl sites for hydroxylation is 1. The molecular formula is C21H32N6S. The number of nitrogens with one attached hydrogen (secondary N) is 1. The molecule has 1 aliphatic carbocycles. The number of thioether (sulfide) groups is 1. The number of hydrogen-bond donors (Lipinski definition) is 1. The molecule has 1 aromatic carbocycles. The van der Waals surface area contributed by atoms with Crippen molar-refractivity contribution in [2.24, 2.45) is 4.99 Å². The molecule has 0 spiro atoms. The van der Waals surface area contributed by atoms with Crippen molar-refractivity contribution >= 4 is 17.7 Å². The number of aromatic nitrogens is 3. The van der Waals surface area contributed by atoms with Gasteiger partial charge in [0.2, 0.25) is 0 Å². The van der Waals surface area contributed by atoms with Crippen molar-refractivity contribution in [3.05, 3.63) is 42.0 Å². The van der Waals surface area contributed by atoms with Crippen LogP contribution in [0.15, 0.2) is 40.5 Å². The summed E-state index contributed by atoms with van der Waals surface area (Å²) in [5, 5.41) is 11.9. The highest BCUT2D eigenvalue weighted by Gasteiger charge is 2.18. The van der Waals surface area contributed by atoms with E-state index in [1.54, 1.807) is 18.1 Å². The molecule has 0 aliphatic heterocycles. The first-order chi connectivity index (χ1) is 13.7. The molecule has 28 heavy (non-hydrogen) atoms. The molecule has 1 saturated carbocycles. The second kappa shape index (κ2) is 10.5. The minimum absolute atomic E-state index is 0.543. The number of nitrogens with zero attached hydrogens (tertiary/aromatic N) is 5. The molecule has 1 aromatic heterocycles. The molecule has 1 heterocycles. The van der Waals surface area contributed by atoms with E-state index >= 15 is 0 Å². The van der Waals surface area contributed by atoms with Gasteiger partial charge in [-0.15, -0.1) is 22.0 Å². The van der Waals surface area contributed by atoms with Crippen molar-refractivity contribution in [1.82, 2.24) is 25.0 Å². The molecule has 0 radical (unpaired) electrons. The number of guanidine groups is 1. The monoisotopic (exact) mass is 400 g/mol. The third kappa shape index (κ3) is 5.74. The summed E-state index contributed by atoms with van der Waals surface area (Å²) in [6.07, 6.45) is 9.90. The molecule has 1 N–H and O–H groups in total. The van der Waals surface area contributed by atoms with Crippen LogP contribution in [0.1, 0.15) is 44.0 Å². The molecule has 2 aromatic rings. The summed E-state index contributed by atoms with van der Waals surface area (Å²) in [7, 11) is 2.12. The van der Waals surface area contributed by atoms with E-state index in [9.17, 15) is 0 Å². The predicted molar refractivity (Wildman–Crippen MR) is 117 cm³/mol. The van der Waals surface area contributed by atoms with Crippen molar-refractivity contribution in [1.29, 1.82) is 0 Å². The predicted octanol–water partition coefficient (Wildman–Crippen LogP) is 3.58. The Kier molecular flexibility index (Phi) is 7.77. The third-order valence-electron chi connectivity index (χ3n) is 5.24. The Hall–Kier alpha value is -2.02. The summed E-state index contributed by atoms with van der Waals surface area (Å²) < 4.78 is 2.10. The highest BCUT2D eigenvalue weighted by Crippen LogP contribution is 2.19. The van der Waals surface area contributed by atoms with Gasteiger partial charge in [0.1, 0.15) is 12.2 Å². The zero-order valence-corrected chi connectivity index (χ0v) is 18.1. The van der Waals surface area contributed by atoms with Crippen molar-refractivity contribution in [2.75, 3.05) is 19.8 Å². The standard InChI is InChI=1S/C21H32N6S/c1-4-20-25-23-16-27(20)14-13-22-21(24-18-7-5-6-8-18)26(2)15-17-9-11-19(28-3)12-10-17/h9-12,16,18H,4-8,13-15H2,1-3H3,(H,22,24). The van der Waals surface area contributed by atoms with Crippen LogP contribution in [-0.2, 0) is 19.5 Å². The quantitative estimate of drug-likeness (QED) is 0.417. The van der Waals surface area contributed by atoms with E-state index in [0.717, 1.165) is 37.8 Å². The molecule has 152 valence electrons. The van der Waals surface area contributed by atoms with Crippen LogP contribution in [0.5, 0.6) is 0 Å². The van der Waals surface area contributed by atoms with Gasteiger partial charge in [-0.3, -0.25) is 4.99 Å². The van der Waals surface area contributed by atoms with Gasteiger partial charge in [0.25, 0.3) is 0 Å². The maximum Gasteiger partial charge on any atom is 0.194 e. The first-order valence-electron chi connectivity index (χ1n) is 10.2. The van der Waals surface area contributed by atoms with E-state index in [-0.39, 0.29) is 0 Å². The van der Waals surface area contributed by atoms with E-state index in [4.69, 9.17) is 4.99 Å². The van der Waals surface area contributed by atoms with Crippen molar-refractivity contribution in [3.63, 3.8) is 0 Å². The van der Waals surface area contributed by atoms with Gasteiger partial charge >= 0.3 is 0 Å². The Morgan fingerprint density at radius 1 is 1.29 bits per heavy atom. The Labute approximate surface area is 172 Å². The van der Waals surface area contributed by atoms with Gasteiger partial charge in [-0.05, 0) is 36.8 Å². The normalized spacial score (nSPS) is 15.2. The lowest BCUT2D eigenvalue weighted by molar-refractivity contribution is 0.456. The van der Waals surface area contributed by atoms with Crippen LogP contribution in [0.2, 0.25) is 0 Å². The molecule has 0 unspecified atom stereocenters. The van der Waals surface area contributed by atoms with E-state index in [1.807, 2.05) is 0 Å². The van der Waals surface area contributed by atoms with Crippen LogP contribution >= 0.6 is 11.8 Å². The highest BCUT2D eigenvalue weighted by molar-refractivity contribution is 7.98. The van der Waals surface area contributed by atoms with Crippen molar-refractivity contribution < 1.29 is 0 Å². The van der Waals surface area contributed by atoms with Gasteiger partial charge in [0, 0.05) is 37.5 Å². The van der Waals surface area contributed by atoms with E-state index < -0.39 is 0 Å². The Balaban J connectivity index is 1.65. The van der Waals surface area contributed by atoms with Crippen LogP contribution in [0.25, 0.3) is 0 Å².